The van der Waals surface area contributed by atoms with Crippen LogP contribution in [0.3, 0.4) is 0 Å². The summed E-state index contributed by atoms with van der Waals surface area (Å²) in [4.78, 5) is 16.1. The van der Waals surface area contributed by atoms with Crippen LogP contribution < -0.4 is 0 Å². The molecule has 2 heterocycles. The maximum Gasteiger partial charge on any atom is 0.312 e. The van der Waals surface area contributed by atoms with Crippen LogP contribution >= 0.6 is 0 Å². The van der Waals surface area contributed by atoms with Gasteiger partial charge in [-0.2, -0.15) is 0 Å². The minimum absolute atomic E-state index is 0.0516. The fraction of sp³-hybridized carbons (Fsp3) is 0.100. The van der Waals surface area contributed by atoms with Crippen molar-refractivity contribution in [3.63, 3.8) is 0 Å². The van der Waals surface area contributed by atoms with Crippen molar-refractivity contribution in [2.45, 2.75) is 12.3 Å². The summed E-state index contributed by atoms with van der Waals surface area (Å²) in [7, 11) is 0. The Morgan fingerprint density at radius 3 is 2.54 bits per heavy atom. The molecule has 4 nitrogen and oxygen atoms in total. The van der Waals surface area contributed by atoms with Gasteiger partial charge in [0.2, 0.25) is 0 Å². The van der Waals surface area contributed by atoms with Gasteiger partial charge in [-0.15, -0.1) is 0 Å². The minimum Gasteiger partial charge on any atom is -0.426 e. The van der Waals surface area contributed by atoms with Crippen LogP contribution in [0.2, 0.25) is 0 Å². The zero-order valence-electron chi connectivity index (χ0n) is 13.0. The van der Waals surface area contributed by atoms with Gasteiger partial charge >= 0.3 is 5.97 Å². The second kappa shape index (κ2) is 6.16. The smallest absolute Gasteiger partial charge is 0.312 e. The number of allylic oxidation sites excluding steroid dienone is 1. The van der Waals surface area contributed by atoms with Crippen molar-refractivity contribution < 1.29 is 9.53 Å². The molecule has 1 aromatic heterocycles. The summed E-state index contributed by atoms with van der Waals surface area (Å²) < 4.78 is 7.39. The molecule has 0 saturated heterocycles. The highest BCUT2D eigenvalue weighted by atomic mass is 16.5. The number of imidazole rings is 1. The molecule has 2 aromatic carbocycles. The highest BCUT2D eigenvalue weighted by molar-refractivity contribution is 5.82. The summed E-state index contributed by atoms with van der Waals surface area (Å²) >= 11 is 0. The monoisotopic (exact) mass is 316 g/mol. The van der Waals surface area contributed by atoms with Crippen molar-refractivity contribution >= 4 is 11.7 Å². The summed E-state index contributed by atoms with van der Waals surface area (Å²) in [6.07, 6.45) is 7.79. The number of carbonyl (C=O) groups excluding carboxylic acids is 1. The van der Waals surface area contributed by atoms with E-state index in [2.05, 4.69) is 4.98 Å². The van der Waals surface area contributed by atoms with Gasteiger partial charge in [-0.1, -0.05) is 30.3 Å². The molecule has 0 saturated carbocycles. The summed E-state index contributed by atoms with van der Waals surface area (Å²) in [5.74, 6) is 0.480. The topological polar surface area (TPSA) is 44.1 Å². The number of benzene rings is 2. The van der Waals surface area contributed by atoms with Gasteiger partial charge < -0.3 is 9.30 Å². The number of rotatable bonds is 3. The van der Waals surface area contributed by atoms with E-state index in [1.807, 2.05) is 71.4 Å². The Bertz CT molecular complexity index is 866. The Kier molecular flexibility index (Phi) is 3.71. The number of aromatic nitrogens is 2. The second-order valence-corrected chi connectivity index (χ2v) is 5.74. The maximum absolute atomic E-state index is 12.0. The third-order valence-corrected chi connectivity index (χ3v) is 4.15. The summed E-state index contributed by atoms with van der Waals surface area (Å²) in [5.41, 5.74) is 3.04. The fourth-order valence-corrected chi connectivity index (χ4v) is 2.90. The van der Waals surface area contributed by atoms with Crippen molar-refractivity contribution in [2.24, 2.45) is 0 Å². The van der Waals surface area contributed by atoms with Gasteiger partial charge in [0.1, 0.15) is 5.76 Å². The fourth-order valence-electron chi connectivity index (χ4n) is 2.90. The van der Waals surface area contributed by atoms with Crippen LogP contribution in [0.1, 0.15) is 23.5 Å². The van der Waals surface area contributed by atoms with E-state index < -0.39 is 0 Å². The van der Waals surface area contributed by atoms with Gasteiger partial charge in [0.05, 0.1) is 12.7 Å². The summed E-state index contributed by atoms with van der Waals surface area (Å²) in [5, 5.41) is 0. The molecule has 0 amide bonds. The van der Waals surface area contributed by atoms with Crippen molar-refractivity contribution in [2.75, 3.05) is 0 Å². The number of esters is 1. The lowest BCUT2D eigenvalue weighted by atomic mass is 9.92. The molecule has 0 N–H and O–H groups in total. The van der Waals surface area contributed by atoms with Gasteiger partial charge in [-0.3, -0.25) is 4.79 Å². The first kappa shape index (κ1) is 14.5. The van der Waals surface area contributed by atoms with Gasteiger partial charge in [0, 0.05) is 29.6 Å². The van der Waals surface area contributed by atoms with Crippen molar-refractivity contribution in [3.8, 4) is 5.69 Å². The Morgan fingerprint density at radius 1 is 1.04 bits per heavy atom. The number of hydrogen-bond donors (Lipinski definition) is 0. The standard InChI is InChI=1S/C20H16N2O2/c23-20-13-17(15-4-2-1-3-5-15)12-19(24-20)16-6-8-18(9-7-16)22-11-10-21-14-22/h1-12,14,17H,13H2. The lowest BCUT2D eigenvalue weighted by Crippen LogP contribution is -2.15. The first-order chi connectivity index (χ1) is 11.8. The average molecular weight is 316 g/mol. The van der Waals surface area contributed by atoms with Crippen LogP contribution in [0.5, 0.6) is 0 Å². The van der Waals surface area contributed by atoms with E-state index in [0.29, 0.717) is 12.2 Å². The van der Waals surface area contributed by atoms with Gasteiger partial charge in [-0.05, 0) is 35.9 Å². The van der Waals surface area contributed by atoms with Gasteiger partial charge in [0.15, 0.2) is 0 Å². The number of carbonyl (C=O) groups is 1. The molecule has 1 aliphatic rings. The zero-order chi connectivity index (χ0) is 16.4. The van der Waals surface area contributed by atoms with Crippen LogP contribution in [0, 0.1) is 0 Å². The van der Waals surface area contributed by atoms with Gasteiger partial charge in [-0.25, -0.2) is 4.98 Å². The summed E-state index contributed by atoms with van der Waals surface area (Å²) in [6, 6.07) is 17.9. The predicted molar refractivity (Wildman–Crippen MR) is 91.4 cm³/mol. The molecule has 0 aliphatic carbocycles. The number of cyclic esters (lactones) is 1. The van der Waals surface area contributed by atoms with Gasteiger partial charge in [0.25, 0.3) is 0 Å². The molecule has 1 aliphatic heterocycles. The molecule has 3 aromatic rings. The largest absolute Gasteiger partial charge is 0.426 e. The minimum atomic E-state index is -0.194. The molecule has 4 rings (SSSR count). The third kappa shape index (κ3) is 2.86. The van der Waals surface area contributed by atoms with E-state index in [0.717, 1.165) is 16.8 Å². The lowest BCUT2D eigenvalue weighted by Gasteiger charge is -2.21. The quantitative estimate of drug-likeness (QED) is 0.687. The Balaban J connectivity index is 1.65. The van der Waals surface area contributed by atoms with Crippen LogP contribution in [0.15, 0.2) is 79.4 Å². The first-order valence-electron chi connectivity index (χ1n) is 7.86. The molecule has 118 valence electrons. The SMILES string of the molecule is O=C1CC(c2ccccc2)C=C(c2ccc(-n3ccnc3)cc2)O1. The van der Waals surface area contributed by atoms with Crippen molar-refractivity contribution in [1.82, 2.24) is 9.55 Å². The molecule has 0 spiro atoms. The number of hydrogen-bond acceptors (Lipinski definition) is 3. The highest BCUT2D eigenvalue weighted by Crippen LogP contribution is 2.32. The maximum atomic E-state index is 12.0. The summed E-state index contributed by atoms with van der Waals surface area (Å²) in [6.45, 7) is 0. The molecule has 0 fully saturated rings. The van der Waals surface area contributed by atoms with E-state index in [9.17, 15) is 4.79 Å². The molecule has 4 heteroatoms. The highest BCUT2D eigenvalue weighted by Gasteiger charge is 2.23. The van der Waals surface area contributed by atoms with Crippen LogP contribution in [-0.2, 0) is 9.53 Å². The van der Waals surface area contributed by atoms with Crippen LogP contribution in [0.4, 0.5) is 0 Å². The number of ether oxygens (including phenoxy) is 1. The first-order valence-corrected chi connectivity index (χ1v) is 7.86. The van der Waals surface area contributed by atoms with E-state index in [-0.39, 0.29) is 11.9 Å². The Labute approximate surface area is 140 Å². The molecular formula is C20H16N2O2. The predicted octanol–water partition coefficient (Wildman–Crippen LogP) is 3.94. The van der Waals surface area contributed by atoms with Crippen LogP contribution in [0.25, 0.3) is 11.4 Å². The lowest BCUT2D eigenvalue weighted by molar-refractivity contribution is -0.137. The molecule has 1 atom stereocenters. The molecule has 24 heavy (non-hydrogen) atoms. The second-order valence-electron chi connectivity index (χ2n) is 5.74. The average Bonchev–Trinajstić information content (AvgIpc) is 3.17. The molecule has 0 radical (unpaired) electrons. The van der Waals surface area contributed by atoms with E-state index in [1.165, 1.54) is 0 Å². The van der Waals surface area contributed by atoms with E-state index in [1.54, 1.807) is 12.5 Å². The van der Waals surface area contributed by atoms with E-state index >= 15 is 0 Å². The normalized spacial score (nSPS) is 17.2. The third-order valence-electron chi connectivity index (χ3n) is 4.15. The molecule has 1 unspecified atom stereocenters. The Hall–Kier alpha value is -3.14. The molecular weight excluding hydrogens is 300 g/mol. The zero-order valence-corrected chi connectivity index (χ0v) is 13.0. The van der Waals surface area contributed by atoms with Crippen molar-refractivity contribution in [3.05, 3.63) is 90.5 Å². The van der Waals surface area contributed by atoms with Crippen molar-refractivity contribution in [1.29, 1.82) is 0 Å². The number of nitrogens with zero attached hydrogens (tertiary/aromatic N) is 2. The van der Waals surface area contributed by atoms with E-state index in [4.69, 9.17) is 4.74 Å². The Morgan fingerprint density at radius 2 is 1.83 bits per heavy atom. The van der Waals surface area contributed by atoms with Crippen LogP contribution in [-0.4, -0.2) is 15.5 Å². The molecule has 0 bridgehead atoms.